The molecule has 2 unspecified atom stereocenters. The van der Waals surface area contributed by atoms with E-state index in [1.807, 2.05) is 0 Å². The molecule has 0 amide bonds. The molecule has 0 heterocycles. The third-order valence-electron chi connectivity index (χ3n) is 10.5. The minimum atomic E-state index is -4.41. The Balaban J connectivity index is 4.21. The number of hydrogen-bond acceptors (Lipinski definition) is 8. The molecule has 9 nitrogen and oxygen atoms in total. The van der Waals surface area contributed by atoms with Gasteiger partial charge in [-0.05, 0) is 116 Å². The lowest BCUT2D eigenvalue weighted by molar-refractivity contribution is -0.161. The summed E-state index contributed by atoms with van der Waals surface area (Å²) in [5, 5.41) is 0. The fourth-order valence-corrected chi connectivity index (χ4v) is 7.36. The molecule has 0 aliphatic rings. The Morgan fingerprint density at radius 3 is 1.22 bits per heavy atom. The van der Waals surface area contributed by atoms with Crippen molar-refractivity contribution in [2.24, 2.45) is 5.73 Å². The third-order valence-corrected chi connectivity index (χ3v) is 11.5. The second-order valence-corrected chi connectivity index (χ2v) is 18.5. The van der Waals surface area contributed by atoms with Gasteiger partial charge in [-0.25, -0.2) is 4.57 Å². The maximum atomic E-state index is 12.7. The predicted molar refractivity (Wildman–Crippen MR) is 293 cm³/mol. The van der Waals surface area contributed by atoms with Gasteiger partial charge in [-0.15, -0.1) is 0 Å². The molecule has 0 fully saturated rings. The van der Waals surface area contributed by atoms with Gasteiger partial charge < -0.3 is 20.1 Å². The molecule has 390 valence electrons. The number of rotatable bonds is 48. The van der Waals surface area contributed by atoms with E-state index in [2.05, 4.69) is 148 Å². The fourth-order valence-electron chi connectivity index (χ4n) is 6.60. The average Bonchev–Trinajstić information content (AvgIpc) is 3.34. The van der Waals surface area contributed by atoms with Crippen molar-refractivity contribution < 1.29 is 37.6 Å². The maximum Gasteiger partial charge on any atom is 0.472 e. The zero-order valence-corrected chi connectivity index (χ0v) is 44.1. The molecule has 0 aliphatic heterocycles. The Kier molecular flexibility index (Phi) is 50.5. The molecule has 0 bridgehead atoms. The van der Waals surface area contributed by atoms with Crippen molar-refractivity contribution in [1.29, 1.82) is 0 Å². The molecule has 3 N–H and O–H groups in total. The van der Waals surface area contributed by atoms with Crippen LogP contribution in [-0.2, 0) is 32.7 Å². The Morgan fingerprint density at radius 2 is 0.797 bits per heavy atom. The number of carbonyl (C=O) groups excluding carboxylic acids is 2. The van der Waals surface area contributed by atoms with Crippen LogP contribution < -0.4 is 5.73 Å². The highest BCUT2D eigenvalue weighted by Crippen LogP contribution is 2.43. The van der Waals surface area contributed by atoms with Crippen LogP contribution in [0.3, 0.4) is 0 Å². The predicted octanol–water partition coefficient (Wildman–Crippen LogP) is 16.6. The van der Waals surface area contributed by atoms with Gasteiger partial charge in [-0.3, -0.25) is 18.6 Å². The number of phosphoric ester groups is 1. The van der Waals surface area contributed by atoms with Gasteiger partial charge in [0.15, 0.2) is 6.10 Å². The molecule has 69 heavy (non-hydrogen) atoms. The molecule has 0 rings (SSSR count). The highest BCUT2D eigenvalue weighted by molar-refractivity contribution is 7.47. The zero-order valence-electron chi connectivity index (χ0n) is 43.2. The van der Waals surface area contributed by atoms with E-state index < -0.39 is 32.5 Å². The molecule has 0 aromatic carbocycles. The summed E-state index contributed by atoms with van der Waals surface area (Å²) in [6.45, 7) is 3.53. The van der Waals surface area contributed by atoms with Crippen molar-refractivity contribution in [3.8, 4) is 0 Å². The first kappa shape index (κ1) is 65.1. The van der Waals surface area contributed by atoms with Gasteiger partial charge in [0, 0.05) is 19.4 Å². The van der Waals surface area contributed by atoms with Gasteiger partial charge in [0.2, 0.25) is 0 Å². The quantitative estimate of drug-likeness (QED) is 0.0264. The summed E-state index contributed by atoms with van der Waals surface area (Å²) in [5.74, 6) is -0.906. The molecular weight excluding hydrogens is 882 g/mol. The van der Waals surface area contributed by atoms with Crippen molar-refractivity contribution in [1.82, 2.24) is 0 Å². The number of hydrogen-bond donors (Lipinski definition) is 2. The molecule has 2 atom stereocenters. The van der Waals surface area contributed by atoms with Crippen LogP contribution in [0.25, 0.3) is 0 Å². The van der Waals surface area contributed by atoms with E-state index in [1.165, 1.54) is 38.5 Å². The van der Waals surface area contributed by atoms with E-state index in [0.29, 0.717) is 12.8 Å². The largest absolute Gasteiger partial charge is 0.472 e. The molecule has 0 saturated heterocycles. The second kappa shape index (κ2) is 53.5. The van der Waals surface area contributed by atoms with Gasteiger partial charge >= 0.3 is 19.8 Å². The van der Waals surface area contributed by atoms with Crippen LogP contribution in [0.5, 0.6) is 0 Å². The Morgan fingerprint density at radius 1 is 0.449 bits per heavy atom. The van der Waals surface area contributed by atoms with E-state index in [-0.39, 0.29) is 32.6 Å². The number of carbonyl (C=O) groups is 2. The molecule has 0 spiro atoms. The van der Waals surface area contributed by atoms with Crippen molar-refractivity contribution in [2.75, 3.05) is 26.4 Å². The highest BCUT2D eigenvalue weighted by Gasteiger charge is 2.26. The van der Waals surface area contributed by atoms with Crippen LogP contribution in [0.4, 0.5) is 0 Å². The number of esters is 2. The second-order valence-electron chi connectivity index (χ2n) is 17.0. The van der Waals surface area contributed by atoms with Crippen molar-refractivity contribution in [3.05, 3.63) is 134 Å². The topological polar surface area (TPSA) is 134 Å². The van der Waals surface area contributed by atoms with Crippen molar-refractivity contribution >= 4 is 19.8 Å². The Labute approximate surface area is 421 Å². The minimum absolute atomic E-state index is 0.0359. The number of ether oxygens (including phenoxy) is 2. The van der Waals surface area contributed by atoms with Crippen LogP contribution in [0.1, 0.15) is 194 Å². The maximum absolute atomic E-state index is 12.7. The molecule has 0 aromatic rings. The van der Waals surface area contributed by atoms with Gasteiger partial charge in [-0.1, -0.05) is 199 Å². The lowest BCUT2D eigenvalue weighted by atomic mass is 10.1. The number of allylic oxidation sites excluding steroid dienone is 22. The molecular formula is C59H96NO8P. The first-order valence-corrected chi connectivity index (χ1v) is 28.2. The first-order chi connectivity index (χ1) is 33.8. The smallest absolute Gasteiger partial charge is 0.462 e. The summed E-state index contributed by atoms with van der Waals surface area (Å²) >= 11 is 0. The minimum Gasteiger partial charge on any atom is -0.462 e. The van der Waals surface area contributed by atoms with Crippen molar-refractivity contribution in [2.45, 2.75) is 200 Å². The number of nitrogens with two attached hydrogens (primary N) is 1. The third kappa shape index (κ3) is 53.4. The summed E-state index contributed by atoms with van der Waals surface area (Å²) in [6.07, 6.45) is 74.9. The highest BCUT2D eigenvalue weighted by atomic mass is 31.2. The SMILES string of the molecule is CC/C=C\C/C=C\C/C=C\C/C=C\C/C=C\C/C=C\C/C=C\C/C=C\CCCCC(=O)OC(COC(=O)CCCCCCCC/C=C\C/C=C\C/C=C\CCCCCCC)COP(=O)(O)OCCN. The summed E-state index contributed by atoms with van der Waals surface area (Å²) in [4.78, 5) is 35.1. The van der Waals surface area contributed by atoms with Crippen molar-refractivity contribution in [3.63, 3.8) is 0 Å². The average molecular weight is 978 g/mol. The lowest BCUT2D eigenvalue weighted by Crippen LogP contribution is -2.29. The normalized spacial score (nSPS) is 14.2. The molecule has 0 aromatic heterocycles. The van der Waals surface area contributed by atoms with E-state index in [4.69, 9.17) is 24.3 Å². The van der Waals surface area contributed by atoms with Crippen LogP contribution in [0.2, 0.25) is 0 Å². The van der Waals surface area contributed by atoms with Crippen LogP contribution in [-0.4, -0.2) is 49.3 Å². The zero-order chi connectivity index (χ0) is 50.2. The Bertz CT molecular complexity index is 1580. The molecule has 10 heteroatoms. The van der Waals surface area contributed by atoms with Crippen LogP contribution in [0.15, 0.2) is 134 Å². The van der Waals surface area contributed by atoms with Crippen LogP contribution in [0, 0.1) is 0 Å². The number of unbranched alkanes of at least 4 members (excludes halogenated alkanes) is 13. The molecule has 0 aliphatic carbocycles. The summed E-state index contributed by atoms with van der Waals surface area (Å²) in [5.41, 5.74) is 5.37. The van der Waals surface area contributed by atoms with Gasteiger partial charge in [0.25, 0.3) is 0 Å². The summed E-state index contributed by atoms with van der Waals surface area (Å²) < 4.78 is 32.9. The first-order valence-electron chi connectivity index (χ1n) is 26.7. The van der Waals surface area contributed by atoms with Gasteiger partial charge in [-0.2, -0.15) is 0 Å². The van der Waals surface area contributed by atoms with E-state index in [0.717, 1.165) is 116 Å². The standard InChI is InChI=1S/C59H96NO8P/c1-3-5-7-9-11-13-15-17-19-21-23-25-26-27-28-29-30-32-34-36-38-40-42-44-46-48-50-52-59(62)68-57(56-67-69(63,64)66-54-53-60)55-65-58(61)51-49-47-45-43-41-39-37-35-33-31-24-22-20-18-16-14-12-10-8-6-4-2/h5,7,11,13,16-19,22-25,27-28,30,32-33,35-36,38,42,44,57H,3-4,6,8-10,12,14-15,20-21,26,29,31,34,37,39-41,43,45-56,60H2,1-2H3,(H,63,64)/b7-5-,13-11-,18-16-,19-17-,24-22-,25-23-,28-27-,32-30-,35-33-,38-36-,44-42-. The van der Waals surface area contributed by atoms with Gasteiger partial charge in [0.1, 0.15) is 6.61 Å². The number of phosphoric acid groups is 1. The Hall–Kier alpha value is -3.85. The lowest BCUT2D eigenvalue weighted by Gasteiger charge is -2.19. The summed E-state index contributed by atoms with van der Waals surface area (Å²) in [6, 6.07) is 0. The van der Waals surface area contributed by atoms with E-state index in [1.54, 1.807) is 0 Å². The van der Waals surface area contributed by atoms with Gasteiger partial charge in [0.05, 0.1) is 13.2 Å². The monoisotopic (exact) mass is 978 g/mol. The fraction of sp³-hybridized carbons (Fsp3) is 0.593. The van der Waals surface area contributed by atoms with E-state index >= 15 is 0 Å². The van der Waals surface area contributed by atoms with Crippen LogP contribution >= 0.6 is 7.82 Å². The molecule has 0 saturated carbocycles. The summed E-state index contributed by atoms with van der Waals surface area (Å²) in [7, 11) is -4.41. The molecule has 0 radical (unpaired) electrons. The van der Waals surface area contributed by atoms with E-state index in [9.17, 15) is 19.0 Å².